The first kappa shape index (κ1) is 9.34. The molecule has 1 heterocycles. The normalized spacial score (nSPS) is 14.6. The van der Waals surface area contributed by atoms with Crippen LogP contribution in [0.3, 0.4) is 0 Å². The second-order valence-corrected chi connectivity index (χ2v) is 3.52. The predicted molar refractivity (Wildman–Crippen MR) is 54.3 cm³/mol. The molecular formula is C10H10ClFN2. The lowest BCUT2D eigenvalue weighted by molar-refractivity contribution is 0.612. The quantitative estimate of drug-likeness (QED) is 0.784. The third kappa shape index (κ3) is 1.82. The molecule has 0 spiro atoms. The maximum atomic E-state index is 13.4. The number of halogens is 2. The molecule has 0 amide bonds. The fraction of sp³-hybridized carbons (Fsp3) is 0.200. The molecule has 0 aromatic heterocycles. The first-order valence-electron chi connectivity index (χ1n) is 4.36. The summed E-state index contributed by atoms with van der Waals surface area (Å²) in [5.41, 5.74) is 1.59. The van der Waals surface area contributed by atoms with Gasteiger partial charge in [-0.3, -0.25) is 0 Å². The van der Waals surface area contributed by atoms with Crippen LogP contribution >= 0.6 is 11.6 Å². The van der Waals surface area contributed by atoms with Gasteiger partial charge in [0.05, 0.1) is 11.7 Å². The van der Waals surface area contributed by atoms with E-state index in [9.17, 15) is 4.39 Å². The zero-order valence-electron chi connectivity index (χ0n) is 7.48. The Bertz CT molecular complexity index is 376. The molecule has 0 fully saturated rings. The maximum Gasteiger partial charge on any atom is 0.145 e. The Hall–Kier alpha value is -1.22. The molecule has 0 radical (unpaired) electrons. The summed E-state index contributed by atoms with van der Waals surface area (Å²) in [7, 11) is 0. The lowest BCUT2D eigenvalue weighted by Crippen LogP contribution is -2.15. The Labute approximate surface area is 86.8 Å². The molecule has 1 aromatic carbocycles. The van der Waals surface area contributed by atoms with Gasteiger partial charge in [0.15, 0.2) is 0 Å². The third-order valence-electron chi connectivity index (χ3n) is 2.11. The van der Waals surface area contributed by atoms with Crippen molar-refractivity contribution in [3.8, 4) is 0 Å². The summed E-state index contributed by atoms with van der Waals surface area (Å²) >= 11 is 5.67. The SMILES string of the molecule is Fc1c(Cl)cccc1CC1=CNCN1. The highest BCUT2D eigenvalue weighted by atomic mass is 35.5. The van der Waals surface area contributed by atoms with Crippen LogP contribution < -0.4 is 10.6 Å². The van der Waals surface area contributed by atoms with E-state index in [0.717, 1.165) is 5.70 Å². The highest BCUT2D eigenvalue weighted by molar-refractivity contribution is 6.30. The van der Waals surface area contributed by atoms with Gasteiger partial charge in [0.25, 0.3) is 0 Å². The smallest absolute Gasteiger partial charge is 0.145 e. The number of hydrogen-bond donors (Lipinski definition) is 2. The molecule has 4 heteroatoms. The zero-order valence-corrected chi connectivity index (χ0v) is 8.24. The molecule has 2 rings (SSSR count). The van der Waals surface area contributed by atoms with Gasteiger partial charge in [-0.25, -0.2) is 4.39 Å². The fourth-order valence-corrected chi connectivity index (χ4v) is 1.59. The maximum absolute atomic E-state index is 13.4. The largest absolute Gasteiger partial charge is 0.372 e. The average molecular weight is 213 g/mol. The van der Waals surface area contributed by atoms with Crippen molar-refractivity contribution < 1.29 is 4.39 Å². The molecule has 1 aromatic rings. The zero-order chi connectivity index (χ0) is 9.97. The molecule has 74 valence electrons. The van der Waals surface area contributed by atoms with Crippen LogP contribution in [0.4, 0.5) is 4.39 Å². The molecule has 0 saturated carbocycles. The molecule has 0 atom stereocenters. The van der Waals surface area contributed by atoms with E-state index in [1.165, 1.54) is 0 Å². The van der Waals surface area contributed by atoms with Crippen LogP contribution in [0.5, 0.6) is 0 Å². The van der Waals surface area contributed by atoms with Gasteiger partial charge in [-0.1, -0.05) is 23.7 Å². The van der Waals surface area contributed by atoms with Gasteiger partial charge in [0.1, 0.15) is 5.82 Å². The first-order chi connectivity index (χ1) is 6.77. The van der Waals surface area contributed by atoms with Crippen molar-refractivity contribution in [3.05, 3.63) is 46.5 Å². The Morgan fingerprint density at radius 3 is 3.00 bits per heavy atom. The molecule has 0 bridgehead atoms. The van der Waals surface area contributed by atoms with Gasteiger partial charge in [0, 0.05) is 18.3 Å². The van der Waals surface area contributed by atoms with Gasteiger partial charge in [-0.05, 0) is 11.6 Å². The Kier molecular flexibility index (Phi) is 2.59. The van der Waals surface area contributed by atoms with E-state index in [2.05, 4.69) is 10.6 Å². The molecule has 1 aliphatic rings. The van der Waals surface area contributed by atoms with Gasteiger partial charge in [-0.2, -0.15) is 0 Å². The molecule has 2 N–H and O–H groups in total. The van der Waals surface area contributed by atoms with E-state index < -0.39 is 0 Å². The Balaban J connectivity index is 2.20. The number of allylic oxidation sites excluding steroid dienone is 1. The van der Waals surface area contributed by atoms with Crippen molar-refractivity contribution in [3.63, 3.8) is 0 Å². The van der Waals surface area contributed by atoms with Crippen LogP contribution in [0.2, 0.25) is 5.02 Å². The van der Waals surface area contributed by atoms with Crippen molar-refractivity contribution in [2.45, 2.75) is 6.42 Å². The fourth-order valence-electron chi connectivity index (χ4n) is 1.39. The van der Waals surface area contributed by atoms with Crippen LogP contribution in [0.25, 0.3) is 0 Å². The van der Waals surface area contributed by atoms with E-state index >= 15 is 0 Å². The minimum Gasteiger partial charge on any atom is -0.372 e. The summed E-state index contributed by atoms with van der Waals surface area (Å²) in [6, 6.07) is 5.04. The summed E-state index contributed by atoms with van der Waals surface area (Å²) in [6.07, 6.45) is 2.39. The summed E-state index contributed by atoms with van der Waals surface area (Å²) in [5, 5.41) is 6.27. The van der Waals surface area contributed by atoms with Crippen LogP contribution in [-0.4, -0.2) is 6.67 Å². The summed E-state index contributed by atoms with van der Waals surface area (Å²) in [6.45, 7) is 0.706. The van der Waals surface area contributed by atoms with Crippen molar-refractivity contribution in [2.24, 2.45) is 0 Å². The van der Waals surface area contributed by atoms with Crippen molar-refractivity contribution >= 4 is 11.6 Å². The molecule has 1 aliphatic heterocycles. The van der Waals surface area contributed by atoms with E-state index in [4.69, 9.17) is 11.6 Å². The summed E-state index contributed by atoms with van der Waals surface area (Å²) in [4.78, 5) is 0. The monoisotopic (exact) mass is 212 g/mol. The molecular weight excluding hydrogens is 203 g/mol. The summed E-state index contributed by atoms with van der Waals surface area (Å²) in [5.74, 6) is -0.330. The second-order valence-electron chi connectivity index (χ2n) is 3.12. The number of hydrogen-bond acceptors (Lipinski definition) is 2. The first-order valence-corrected chi connectivity index (χ1v) is 4.74. The minimum absolute atomic E-state index is 0.175. The van der Waals surface area contributed by atoms with Gasteiger partial charge < -0.3 is 10.6 Å². The van der Waals surface area contributed by atoms with Crippen molar-refractivity contribution in [2.75, 3.05) is 6.67 Å². The molecule has 0 unspecified atom stereocenters. The van der Waals surface area contributed by atoms with E-state index in [1.54, 1.807) is 18.2 Å². The van der Waals surface area contributed by atoms with Crippen molar-refractivity contribution in [1.29, 1.82) is 0 Å². The average Bonchev–Trinajstić information content (AvgIpc) is 2.66. The number of rotatable bonds is 2. The third-order valence-corrected chi connectivity index (χ3v) is 2.40. The highest BCUT2D eigenvalue weighted by Crippen LogP contribution is 2.19. The minimum atomic E-state index is -0.330. The lowest BCUT2D eigenvalue weighted by atomic mass is 10.1. The molecule has 14 heavy (non-hydrogen) atoms. The topological polar surface area (TPSA) is 24.1 Å². The lowest BCUT2D eigenvalue weighted by Gasteiger charge is -2.05. The van der Waals surface area contributed by atoms with Crippen molar-refractivity contribution in [1.82, 2.24) is 10.6 Å². The highest BCUT2D eigenvalue weighted by Gasteiger charge is 2.09. The number of nitrogens with one attached hydrogen (secondary N) is 2. The van der Waals surface area contributed by atoms with Crippen LogP contribution in [0.15, 0.2) is 30.1 Å². The summed E-state index contributed by atoms with van der Waals surface area (Å²) < 4.78 is 13.4. The Morgan fingerprint density at radius 1 is 1.43 bits per heavy atom. The number of benzene rings is 1. The Morgan fingerprint density at radius 2 is 2.29 bits per heavy atom. The molecule has 0 aliphatic carbocycles. The standard InChI is InChI=1S/C10H10ClFN2/c11-9-3-1-2-7(10(9)12)4-8-5-13-6-14-8/h1-3,5,13-14H,4,6H2. The van der Waals surface area contributed by atoms with E-state index in [-0.39, 0.29) is 10.8 Å². The van der Waals surface area contributed by atoms with Gasteiger partial charge in [0.2, 0.25) is 0 Å². The van der Waals surface area contributed by atoms with Gasteiger partial charge in [-0.15, -0.1) is 0 Å². The second kappa shape index (κ2) is 3.88. The molecule has 0 saturated heterocycles. The van der Waals surface area contributed by atoms with E-state index in [0.29, 0.717) is 18.7 Å². The van der Waals surface area contributed by atoms with Crippen LogP contribution in [0, 0.1) is 5.82 Å². The van der Waals surface area contributed by atoms with Crippen LogP contribution in [0.1, 0.15) is 5.56 Å². The van der Waals surface area contributed by atoms with Crippen LogP contribution in [-0.2, 0) is 6.42 Å². The van der Waals surface area contributed by atoms with E-state index in [1.807, 2.05) is 6.20 Å². The van der Waals surface area contributed by atoms with Gasteiger partial charge >= 0.3 is 0 Å². The predicted octanol–water partition coefficient (Wildman–Crippen LogP) is 2.01. The molecule has 2 nitrogen and oxygen atoms in total.